The molecule has 1 aromatic rings. The van der Waals surface area contributed by atoms with Crippen molar-refractivity contribution < 1.29 is 0 Å². The largest absolute Gasteiger partial charge is 0.126 e. The third-order valence-electron chi connectivity index (χ3n) is 3.27. The van der Waals surface area contributed by atoms with Gasteiger partial charge >= 0.3 is 0 Å². The molecule has 0 nitrogen and oxygen atoms in total. The van der Waals surface area contributed by atoms with E-state index in [0.717, 1.165) is 0 Å². The topological polar surface area (TPSA) is 0 Å². The van der Waals surface area contributed by atoms with Crippen molar-refractivity contribution in [2.45, 2.75) is 75.0 Å². The average Bonchev–Trinajstić information content (AvgIpc) is 2.47. The second kappa shape index (κ2) is 12.6. The van der Waals surface area contributed by atoms with Crippen molar-refractivity contribution in [3.05, 3.63) is 24.3 Å². The fourth-order valence-corrected chi connectivity index (χ4v) is 4.00. The lowest BCUT2D eigenvalue weighted by Crippen LogP contribution is -1.84. The van der Waals surface area contributed by atoms with Crippen molar-refractivity contribution in [1.29, 1.82) is 0 Å². The smallest absolute Gasteiger partial charge is 0.00892 e. The van der Waals surface area contributed by atoms with Gasteiger partial charge in [-0.15, -0.1) is 23.5 Å². The Morgan fingerprint density at radius 1 is 0.750 bits per heavy atom. The number of rotatable bonds is 12. The normalized spacial score (nSPS) is 10.9. The van der Waals surface area contributed by atoms with Crippen LogP contribution in [0.5, 0.6) is 0 Å². The molecule has 1 radical (unpaired) electrons. The predicted octanol–water partition coefficient (Wildman–Crippen LogP) is 6.83. The van der Waals surface area contributed by atoms with Crippen LogP contribution >= 0.6 is 23.5 Å². The predicted molar refractivity (Wildman–Crippen MR) is 95.0 cm³/mol. The molecule has 0 saturated carbocycles. The highest BCUT2D eigenvalue weighted by atomic mass is 32.2. The summed E-state index contributed by atoms with van der Waals surface area (Å²) in [5.41, 5.74) is 0. The molecule has 0 aliphatic rings. The Morgan fingerprint density at radius 2 is 1.25 bits per heavy atom. The van der Waals surface area contributed by atoms with Crippen LogP contribution in [0, 0.1) is 6.07 Å². The minimum absolute atomic E-state index is 1.25. The van der Waals surface area contributed by atoms with E-state index in [1.807, 2.05) is 23.5 Å². The molecular formula is C18H29S2. The van der Waals surface area contributed by atoms with Crippen LogP contribution in [0.4, 0.5) is 0 Å². The molecule has 0 N–H and O–H groups in total. The van der Waals surface area contributed by atoms with E-state index in [1.54, 1.807) is 0 Å². The molecular weight excluding hydrogens is 280 g/mol. The maximum Gasteiger partial charge on any atom is 0.00892 e. The Kier molecular flexibility index (Phi) is 11.4. The molecule has 2 heteroatoms. The molecule has 0 aromatic heterocycles. The van der Waals surface area contributed by atoms with E-state index in [2.05, 4.69) is 38.1 Å². The summed E-state index contributed by atoms with van der Waals surface area (Å²) in [4.78, 5) is 2.78. The Balaban J connectivity index is 2.19. The zero-order valence-electron chi connectivity index (χ0n) is 13.1. The SMILES string of the molecule is CCCCCCSc1c[c]cc(SCCCCCC)c1. The van der Waals surface area contributed by atoms with Gasteiger partial charge in [0, 0.05) is 9.79 Å². The molecule has 0 unspecified atom stereocenters. The lowest BCUT2D eigenvalue weighted by atomic mass is 10.2. The van der Waals surface area contributed by atoms with Crippen LogP contribution in [0.2, 0.25) is 0 Å². The monoisotopic (exact) mass is 309 g/mol. The molecule has 0 aliphatic heterocycles. The summed E-state index contributed by atoms with van der Waals surface area (Å²) in [7, 11) is 0. The molecule has 0 heterocycles. The van der Waals surface area contributed by atoms with Gasteiger partial charge in [0.15, 0.2) is 0 Å². The van der Waals surface area contributed by atoms with Gasteiger partial charge in [-0.3, -0.25) is 0 Å². The van der Waals surface area contributed by atoms with E-state index in [-0.39, 0.29) is 0 Å². The Morgan fingerprint density at radius 3 is 1.70 bits per heavy atom. The summed E-state index contributed by atoms with van der Waals surface area (Å²) in [5.74, 6) is 2.50. The lowest BCUT2D eigenvalue weighted by molar-refractivity contribution is 0.706. The molecule has 0 amide bonds. The molecule has 0 fully saturated rings. The maximum atomic E-state index is 3.29. The summed E-state index contributed by atoms with van der Waals surface area (Å²) in [6, 6.07) is 9.89. The molecule has 0 aliphatic carbocycles. The summed E-state index contributed by atoms with van der Waals surface area (Å²) < 4.78 is 0. The second-order valence-corrected chi connectivity index (χ2v) is 7.56. The number of benzene rings is 1. The van der Waals surface area contributed by atoms with Gasteiger partial charge in [-0.05, 0) is 48.6 Å². The zero-order chi connectivity index (χ0) is 14.5. The first-order chi connectivity index (χ1) is 9.86. The van der Waals surface area contributed by atoms with Crippen LogP contribution in [-0.4, -0.2) is 11.5 Å². The van der Waals surface area contributed by atoms with Crippen LogP contribution in [0.25, 0.3) is 0 Å². The fourth-order valence-electron chi connectivity index (χ4n) is 2.03. The maximum absolute atomic E-state index is 3.29. The second-order valence-electron chi connectivity index (χ2n) is 5.22. The first kappa shape index (κ1) is 18.0. The van der Waals surface area contributed by atoms with Crippen molar-refractivity contribution >= 4 is 23.5 Å². The van der Waals surface area contributed by atoms with E-state index in [1.165, 1.54) is 72.7 Å². The van der Waals surface area contributed by atoms with Gasteiger partial charge in [0.1, 0.15) is 0 Å². The third-order valence-corrected chi connectivity index (χ3v) is 5.39. The summed E-state index contributed by atoms with van der Waals surface area (Å²) >= 11 is 3.98. The summed E-state index contributed by atoms with van der Waals surface area (Å²) in [6.45, 7) is 4.53. The fraction of sp³-hybridized carbons (Fsp3) is 0.667. The molecule has 0 saturated heterocycles. The Bertz CT molecular complexity index is 307. The van der Waals surface area contributed by atoms with Crippen LogP contribution in [0.15, 0.2) is 28.0 Å². The minimum Gasteiger partial charge on any atom is -0.126 e. The first-order valence-electron chi connectivity index (χ1n) is 8.13. The molecule has 0 spiro atoms. The molecule has 113 valence electrons. The molecule has 1 aromatic carbocycles. The van der Waals surface area contributed by atoms with E-state index >= 15 is 0 Å². The lowest BCUT2D eigenvalue weighted by Gasteiger charge is -2.05. The van der Waals surface area contributed by atoms with Gasteiger partial charge in [-0.1, -0.05) is 52.4 Å². The molecule has 0 bridgehead atoms. The number of thioether (sulfide) groups is 2. The van der Waals surface area contributed by atoms with Crippen LogP contribution in [0.3, 0.4) is 0 Å². The third kappa shape index (κ3) is 8.97. The summed E-state index contributed by atoms with van der Waals surface area (Å²) in [6.07, 6.45) is 10.8. The number of hydrogen-bond acceptors (Lipinski definition) is 2. The molecule has 1 rings (SSSR count). The van der Waals surface area contributed by atoms with Crippen molar-refractivity contribution in [2.24, 2.45) is 0 Å². The van der Waals surface area contributed by atoms with E-state index in [4.69, 9.17) is 0 Å². The number of hydrogen-bond donors (Lipinski definition) is 0. The standard InChI is InChI=1S/C18H29S2/c1-3-5-7-9-14-19-17-12-11-13-18(16-17)20-15-10-8-6-4-2/h12-13,16H,3-10,14-15H2,1-2H3. The first-order valence-corrected chi connectivity index (χ1v) is 10.1. The Hall–Kier alpha value is -0.0800. The highest BCUT2D eigenvalue weighted by Crippen LogP contribution is 2.26. The average molecular weight is 310 g/mol. The molecule has 0 atom stereocenters. The van der Waals surface area contributed by atoms with Crippen LogP contribution < -0.4 is 0 Å². The van der Waals surface area contributed by atoms with Crippen LogP contribution in [0.1, 0.15) is 65.2 Å². The zero-order valence-corrected chi connectivity index (χ0v) is 14.8. The van der Waals surface area contributed by atoms with E-state index < -0.39 is 0 Å². The van der Waals surface area contributed by atoms with Gasteiger partial charge < -0.3 is 0 Å². The van der Waals surface area contributed by atoms with Crippen LogP contribution in [-0.2, 0) is 0 Å². The Labute approximate surface area is 134 Å². The van der Waals surface area contributed by atoms with Crippen molar-refractivity contribution in [1.82, 2.24) is 0 Å². The van der Waals surface area contributed by atoms with Gasteiger partial charge in [0.25, 0.3) is 0 Å². The van der Waals surface area contributed by atoms with E-state index in [0.29, 0.717) is 0 Å². The molecule has 20 heavy (non-hydrogen) atoms. The van der Waals surface area contributed by atoms with Gasteiger partial charge in [-0.25, -0.2) is 0 Å². The van der Waals surface area contributed by atoms with Crippen molar-refractivity contribution in [2.75, 3.05) is 11.5 Å². The summed E-state index contributed by atoms with van der Waals surface area (Å²) in [5, 5.41) is 0. The minimum atomic E-state index is 1.25. The van der Waals surface area contributed by atoms with Gasteiger partial charge in [0.05, 0.1) is 0 Å². The quantitative estimate of drug-likeness (QED) is 0.306. The van der Waals surface area contributed by atoms with E-state index in [9.17, 15) is 0 Å². The van der Waals surface area contributed by atoms with Gasteiger partial charge in [-0.2, -0.15) is 0 Å². The van der Waals surface area contributed by atoms with Gasteiger partial charge in [0.2, 0.25) is 0 Å². The number of unbranched alkanes of at least 4 members (excludes halogenated alkanes) is 6. The van der Waals surface area contributed by atoms with Crippen molar-refractivity contribution in [3.63, 3.8) is 0 Å². The highest BCUT2D eigenvalue weighted by Gasteiger charge is 1.99. The highest BCUT2D eigenvalue weighted by molar-refractivity contribution is 8.00. The van der Waals surface area contributed by atoms with Crippen molar-refractivity contribution in [3.8, 4) is 0 Å².